The molecule has 0 aliphatic carbocycles. The first-order chi connectivity index (χ1) is 8.83. The van der Waals surface area contributed by atoms with Crippen LogP contribution < -0.4 is 5.32 Å². The van der Waals surface area contributed by atoms with Crippen LogP contribution >= 0.6 is 0 Å². The molecule has 1 rings (SSSR count). The third-order valence-corrected chi connectivity index (χ3v) is 3.43. The SMILES string of the molecule is CNC(COCCC(C)(C)C)c1ccc(C)cc1C. The topological polar surface area (TPSA) is 21.3 Å². The van der Waals surface area contributed by atoms with E-state index in [2.05, 4.69) is 58.1 Å². The van der Waals surface area contributed by atoms with Crippen molar-refractivity contribution in [2.75, 3.05) is 20.3 Å². The van der Waals surface area contributed by atoms with Gasteiger partial charge in [-0.2, -0.15) is 0 Å². The van der Waals surface area contributed by atoms with Gasteiger partial charge >= 0.3 is 0 Å². The van der Waals surface area contributed by atoms with Crippen molar-refractivity contribution in [2.45, 2.75) is 47.1 Å². The average molecular weight is 263 g/mol. The first-order valence-electron chi connectivity index (χ1n) is 7.15. The summed E-state index contributed by atoms with van der Waals surface area (Å²) in [6.07, 6.45) is 1.09. The summed E-state index contributed by atoms with van der Waals surface area (Å²) in [5.74, 6) is 0. The largest absolute Gasteiger partial charge is 0.379 e. The van der Waals surface area contributed by atoms with Crippen LogP contribution in [-0.4, -0.2) is 20.3 Å². The van der Waals surface area contributed by atoms with Crippen LogP contribution in [0.25, 0.3) is 0 Å². The predicted octanol–water partition coefficient (Wildman–Crippen LogP) is 4.02. The molecule has 108 valence electrons. The van der Waals surface area contributed by atoms with Crippen molar-refractivity contribution in [1.82, 2.24) is 5.32 Å². The van der Waals surface area contributed by atoms with Crippen molar-refractivity contribution in [3.8, 4) is 0 Å². The Kier molecular flexibility index (Phi) is 6.02. The van der Waals surface area contributed by atoms with Gasteiger partial charge in [-0.05, 0) is 43.9 Å². The molecule has 1 unspecified atom stereocenters. The molecule has 0 spiro atoms. The maximum atomic E-state index is 5.84. The summed E-state index contributed by atoms with van der Waals surface area (Å²) in [4.78, 5) is 0. The highest BCUT2D eigenvalue weighted by molar-refractivity contribution is 5.32. The lowest BCUT2D eigenvalue weighted by Gasteiger charge is -2.22. The van der Waals surface area contributed by atoms with Gasteiger partial charge in [0.15, 0.2) is 0 Å². The van der Waals surface area contributed by atoms with Crippen LogP contribution in [0.15, 0.2) is 18.2 Å². The molecule has 0 saturated heterocycles. The maximum Gasteiger partial charge on any atom is 0.0661 e. The number of ether oxygens (including phenoxy) is 1. The Labute approximate surface area is 118 Å². The van der Waals surface area contributed by atoms with Gasteiger partial charge in [-0.25, -0.2) is 0 Å². The quantitative estimate of drug-likeness (QED) is 0.783. The molecule has 1 aromatic carbocycles. The van der Waals surface area contributed by atoms with E-state index in [0.717, 1.165) is 19.6 Å². The second-order valence-corrected chi connectivity index (χ2v) is 6.59. The first kappa shape index (κ1) is 16.2. The number of hydrogen-bond donors (Lipinski definition) is 1. The zero-order chi connectivity index (χ0) is 14.5. The van der Waals surface area contributed by atoms with Crippen molar-refractivity contribution >= 4 is 0 Å². The number of nitrogens with one attached hydrogen (secondary N) is 1. The second-order valence-electron chi connectivity index (χ2n) is 6.59. The highest BCUT2D eigenvalue weighted by atomic mass is 16.5. The Morgan fingerprint density at radius 3 is 2.42 bits per heavy atom. The Hall–Kier alpha value is -0.860. The molecule has 0 fully saturated rings. The highest BCUT2D eigenvalue weighted by Gasteiger charge is 2.14. The monoisotopic (exact) mass is 263 g/mol. The fourth-order valence-electron chi connectivity index (χ4n) is 2.12. The molecule has 0 saturated carbocycles. The Morgan fingerprint density at radius 2 is 1.89 bits per heavy atom. The summed E-state index contributed by atoms with van der Waals surface area (Å²) in [5.41, 5.74) is 4.32. The highest BCUT2D eigenvalue weighted by Crippen LogP contribution is 2.21. The molecule has 0 aliphatic rings. The molecule has 19 heavy (non-hydrogen) atoms. The Balaban J connectivity index is 2.54. The summed E-state index contributed by atoms with van der Waals surface area (Å²) in [5, 5.41) is 3.35. The maximum absolute atomic E-state index is 5.84. The van der Waals surface area contributed by atoms with E-state index in [-0.39, 0.29) is 6.04 Å². The summed E-state index contributed by atoms with van der Waals surface area (Å²) in [6, 6.07) is 6.89. The van der Waals surface area contributed by atoms with E-state index in [9.17, 15) is 0 Å². The fraction of sp³-hybridized carbons (Fsp3) is 0.647. The van der Waals surface area contributed by atoms with Crippen molar-refractivity contribution in [2.24, 2.45) is 5.41 Å². The number of benzene rings is 1. The normalized spacial score (nSPS) is 13.6. The number of likely N-dealkylation sites (N-methyl/N-ethyl adjacent to an activating group) is 1. The minimum Gasteiger partial charge on any atom is -0.379 e. The van der Waals surface area contributed by atoms with Gasteiger partial charge in [0.1, 0.15) is 0 Å². The van der Waals surface area contributed by atoms with Crippen molar-refractivity contribution < 1.29 is 4.74 Å². The van der Waals surface area contributed by atoms with Crippen LogP contribution in [0.3, 0.4) is 0 Å². The zero-order valence-corrected chi connectivity index (χ0v) is 13.3. The van der Waals surface area contributed by atoms with E-state index in [0.29, 0.717) is 5.41 Å². The van der Waals surface area contributed by atoms with Gasteiger partial charge in [0.05, 0.1) is 12.6 Å². The molecule has 0 aromatic heterocycles. The van der Waals surface area contributed by atoms with Gasteiger partial charge in [-0.1, -0.05) is 44.5 Å². The minimum absolute atomic E-state index is 0.278. The summed E-state index contributed by atoms with van der Waals surface area (Å²) in [7, 11) is 2.00. The molecule has 1 atom stereocenters. The van der Waals surface area contributed by atoms with Gasteiger partial charge in [0.2, 0.25) is 0 Å². The van der Waals surface area contributed by atoms with Crippen molar-refractivity contribution in [1.29, 1.82) is 0 Å². The van der Waals surface area contributed by atoms with Crippen LogP contribution in [-0.2, 0) is 4.74 Å². The third kappa shape index (κ3) is 5.75. The van der Waals surface area contributed by atoms with E-state index in [1.807, 2.05) is 7.05 Å². The summed E-state index contributed by atoms with van der Waals surface area (Å²) < 4.78 is 5.84. The van der Waals surface area contributed by atoms with Gasteiger partial charge in [-0.15, -0.1) is 0 Å². The van der Waals surface area contributed by atoms with E-state index in [1.54, 1.807) is 0 Å². The fourth-order valence-corrected chi connectivity index (χ4v) is 2.12. The van der Waals surface area contributed by atoms with Crippen LogP contribution in [0.2, 0.25) is 0 Å². The number of aryl methyl sites for hydroxylation is 2. The minimum atomic E-state index is 0.278. The molecule has 0 heterocycles. The lowest BCUT2D eigenvalue weighted by atomic mass is 9.93. The smallest absolute Gasteiger partial charge is 0.0661 e. The molecular weight excluding hydrogens is 234 g/mol. The molecule has 0 aliphatic heterocycles. The van der Waals surface area contributed by atoms with Crippen LogP contribution in [0.5, 0.6) is 0 Å². The number of rotatable bonds is 6. The Bertz CT molecular complexity index is 393. The van der Waals surface area contributed by atoms with Crippen LogP contribution in [0.1, 0.15) is 49.9 Å². The molecule has 2 nitrogen and oxygen atoms in total. The summed E-state index contributed by atoms with van der Waals surface area (Å²) in [6.45, 7) is 12.6. The molecule has 0 amide bonds. The van der Waals surface area contributed by atoms with Crippen molar-refractivity contribution in [3.05, 3.63) is 34.9 Å². The second kappa shape index (κ2) is 7.06. The zero-order valence-electron chi connectivity index (χ0n) is 13.3. The number of hydrogen-bond acceptors (Lipinski definition) is 2. The lowest BCUT2D eigenvalue weighted by molar-refractivity contribution is 0.0913. The van der Waals surface area contributed by atoms with Gasteiger partial charge in [0.25, 0.3) is 0 Å². The average Bonchev–Trinajstić information content (AvgIpc) is 2.29. The van der Waals surface area contributed by atoms with Crippen LogP contribution in [0, 0.1) is 19.3 Å². The van der Waals surface area contributed by atoms with E-state index >= 15 is 0 Å². The van der Waals surface area contributed by atoms with Gasteiger partial charge in [0, 0.05) is 6.61 Å². The van der Waals surface area contributed by atoms with Gasteiger partial charge < -0.3 is 10.1 Å². The van der Waals surface area contributed by atoms with E-state index in [4.69, 9.17) is 4.74 Å². The van der Waals surface area contributed by atoms with Gasteiger partial charge in [-0.3, -0.25) is 0 Å². The molecular formula is C17H29NO. The third-order valence-electron chi connectivity index (χ3n) is 3.43. The standard InChI is InChI=1S/C17H29NO/c1-13-7-8-15(14(2)11-13)16(18-6)12-19-10-9-17(3,4)5/h7-8,11,16,18H,9-10,12H2,1-6H3. The molecule has 1 aromatic rings. The Morgan fingerprint density at radius 1 is 1.21 bits per heavy atom. The van der Waals surface area contributed by atoms with E-state index in [1.165, 1.54) is 16.7 Å². The van der Waals surface area contributed by atoms with Crippen LogP contribution in [0.4, 0.5) is 0 Å². The molecule has 2 heteroatoms. The first-order valence-corrected chi connectivity index (χ1v) is 7.15. The predicted molar refractivity (Wildman–Crippen MR) is 82.6 cm³/mol. The van der Waals surface area contributed by atoms with Crippen molar-refractivity contribution in [3.63, 3.8) is 0 Å². The lowest BCUT2D eigenvalue weighted by Crippen LogP contribution is -2.23. The molecule has 1 N–H and O–H groups in total. The molecule has 0 radical (unpaired) electrons. The molecule has 0 bridgehead atoms. The summed E-state index contributed by atoms with van der Waals surface area (Å²) >= 11 is 0. The van der Waals surface area contributed by atoms with E-state index < -0.39 is 0 Å².